The number of rotatable bonds is 2. The first-order valence-electron chi connectivity index (χ1n) is 5.84. The maximum atomic E-state index is 11.7. The summed E-state index contributed by atoms with van der Waals surface area (Å²) in [7, 11) is -6.49. The van der Waals surface area contributed by atoms with E-state index in [2.05, 4.69) is 10.6 Å². The van der Waals surface area contributed by atoms with E-state index in [0.29, 0.717) is 0 Å². The van der Waals surface area contributed by atoms with Crippen molar-refractivity contribution in [3.63, 3.8) is 0 Å². The summed E-state index contributed by atoms with van der Waals surface area (Å²) in [5, 5.41) is 3.51. The van der Waals surface area contributed by atoms with Crippen LogP contribution in [0.1, 0.15) is 0 Å². The summed E-state index contributed by atoms with van der Waals surface area (Å²) >= 11 is 11.7. The van der Waals surface area contributed by atoms with E-state index in [4.69, 9.17) is 23.2 Å². The highest BCUT2D eigenvalue weighted by Gasteiger charge is 2.40. The summed E-state index contributed by atoms with van der Waals surface area (Å²) in [6.45, 7) is 0. The van der Waals surface area contributed by atoms with Crippen LogP contribution in [0.15, 0.2) is 0 Å². The Bertz CT molecular complexity index is 554. The molecule has 0 aromatic carbocycles. The minimum absolute atomic E-state index is 0.185. The molecular weight excluding hydrogens is 351 g/mol. The fourth-order valence-corrected chi connectivity index (χ4v) is 7.35. The standard InChI is InChI=1S/C9H14Cl2N2O5S2/c10-5-1-19(15,16)3-7(5)12-9(14)13-8-4-20(17,18)2-6(8)11/h5-8H,1-4H2,(H2,12,13,14)/t5-,6-,7+,8+/m0/s1. The molecule has 0 aromatic rings. The van der Waals surface area contributed by atoms with Gasteiger partial charge < -0.3 is 10.6 Å². The molecule has 2 saturated heterocycles. The van der Waals surface area contributed by atoms with E-state index in [9.17, 15) is 21.6 Å². The van der Waals surface area contributed by atoms with Gasteiger partial charge in [0.2, 0.25) is 0 Å². The van der Waals surface area contributed by atoms with E-state index in [0.717, 1.165) is 0 Å². The molecule has 116 valence electrons. The molecule has 2 rings (SSSR count). The molecule has 2 aliphatic rings. The van der Waals surface area contributed by atoms with Crippen LogP contribution in [0.4, 0.5) is 4.79 Å². The Hall–Kier alpha value is -0.250. The second-order valence-electron chi connectivity index (χ2n) is 5.02. The van der Waals surface area contributed by atoms with Crippen molar-refractivity contribution < 1.29 is 21.6 Å². The highest BCUT2D eigenvalue weighted by Crippen LogP contribution is 2.19. The van der Waals surface area contributed by atoms with Gasteiger partial charge in [-0.05, 0) is 0 Å². The summed E-state index contributed by atoms with van der Waals surface area (Å²) < 4.78 is 45.4. The van der Waals surface area contributed by atoms with Crippen LogP contribution in [0.2, 0.25) is 0 Å². The van der Waals surface area contributed by atoms with Gasteiger partial charge in [-0.3, -0.25) is 0 Å². The van der Waals surface area contributed by atoms with E-state index in [1.165, 1.54) is 0 Å². The van der Waals surface area contributed by atoms with Crippen LogP contribution < -0.4 is 10.6 Å². The molecular formula is C9H14Cl2N2O5S2. The quantitative estimate of drug-likeness (QED) is 0.616. The molecule has 0 unspecified atom stereocenters. The molecule has 0 aliphatic carbocycles. The Labute approximate surface area is 127 Å². The van der Waals surface area contributed by atoms with Gasteiger partial charge in [0, 0.05) is 0 Å². The highest BCUT2D eigenvalue weighted by atomic mass is 35.5. The van der Waals surface area contributed by atoms with Gasteiger partial charge >= 0.3 is 6.03 Å². The number of carbonyl (C=O) groups excluding carboxylic acids is 1. The Morgan fingerprint density at radius 2 is 1.15 bits per heavy atom. The molecule has 0 aromatic heterocycles. The zero-order valence-electron chi connectivity index (χ0n) is 10.3. The van der Waals surface area contributed by atoms with Crippen LogP contribution in [0, 0.1) is 0 Å². The summed E-state index contributed by atoms with van der Waals surface area (Å²) in [5.74, 6) is -0.811. The van der Waals surface area contributed by atoms with Gasteiger partial charge in [0.15, 0.2) is 19.7 Å². The Balaban J connectivity index is 1.91. The van der Waals surface area contributed by atoms with Crippen LogP contribution in [0.3, 0.4) is 0 Å². The molecule has 7 nitrogen and oxygen atoms in total. The third-order valence-corrected chi connectivity index (χ3v) is 7.95. The number of hydrogen-bond acceptors (Lipinski definition) is 5. The smallest absolute Gasteiger partial charge is 0.315 e. The monoisotopic (exact) mass is 364 g/mol. The minimum Gasteiger partial charge on any atom is -0.333 e. The lowest BCUT2D eigenvalue weighted by molar-refractivity contribution is 0.235. The van der Waals surface area contributed by atoms with Gasteiger partial charge in [-0.1, -0.05) is 0 Å². The van der Waals surface area contributed by atoms with E-state index in [1.807, 2.05) is 0 Å². The Kier molecular flexibility index (Phi) is 4.44. The van der Waals surface area contributed by atoms with Gasteiger partial charge in [-0.15, -0.1) is 23.2 Å². The lowest BCUT2D eigenvalue weighted by Gasteiger charge is -2.19. The lowest BCUT2D eigenvalue weighted by Crippen LogP contribution is -2.51. The second-order valence-corrected chi connectivity index (χ2v) is 10.4. The molecule has 2 N–H and O–H groups in total. The SMILES string of the molecule is O=C(N[C@@H]1CS(=O)(=O)C[C@@H]1Cl)N[C@@H]1CS(=O)(=O)C[C@@H]1Cl. The van der Waals surface area contributed by atoms with Crippen molar-refractivity contribution in [1.29, 1.82) is 0 Å². The predicted molar refractivity (Wildman–Crippen MR) is 75.8 cm³/mol. The second kappa shape index (κ2) is 5.51. The molecule has 0 spiro atoms. The zero-order chi connectivity index (χ0) is 15.1. The highest BCUT2D eigenvalue weighted by molar-refractivity contribution is 7.92. The van der Waals surface area contributed by atoms with Crippen molar-refractivity contribution >= 4 is 48.9 Å². The van der Waals surface area contributed by atoms with Gasteiger partial charge in [-0.2, -0.15) is 0 Å². The molecule has 0 bridgehead atoms. The average molecular weight is 365 g/mol. The van der Waals surface area contributed by atoms with Crippen LogP contribution in [0.5, 0.6) is 0 Å². The fraction of sp³-hybridized carbons (Fsp3) is 0.889. The van der Waals surface area contributed by atoms with Gasteiger partial charge in [0.05, 0.1) is 45.8 Å². The topological polar surface area (TPSA) is 109 Å². The van der Waals surface area contributed by atoms with Crippen molar-refractivity contribution in [1.82, 2.24) is 10.6 Å². The minimum atomic E-state index is -3.24. The van der Waals surface area contributed by atoms with E-state index >= 15 is 0 Å². The number of alkyl halides is 2. The van der Waals surface area contributed by atoms with Crippen molar-refractivity contribution in [2.45, 2.75) is 22.8 Å². The normalized spacial score (nSPS) is 38.5. The fourth-order valence-electron chi connectivity index (χ4n) is 2.25. The zero-order valence-corrected chi connectivity index (χ0v) is 13.4. The third kappa shape index (κ3) is 3.90. The number of amides is 2. The summed E-state index contributed by atoms with van der Waals surface area (Å²) in [4.78, 5) is 11.7. The average Bonchev–Trinajstić information content (AvgIpc) is 2.62. The molecule has 2 amide bonds. The summed E-state index contributed by atoms with van der Waals surface area (Å²) in [6, 6.07) is -2.03. The first-order valence-corrected chi connectivity index (χ1v) is 10.4. The van der Waals surface area contributed by atoms with Crippen LogP contribution in [-0.2, 0) is 19.7 Å². The predicted octanol–water partition coefficient (Wildman–Crippen LogP) is -0.906. The molecule has 0 saturated carbocycles. The first kappa shape index (κ1) is 16.1. The van der Waals surface area contributed by atoms with E-state index in [1.54, 1.807) is 0 Å². The molecule has 2 aliphatic heterocycles. The first-order chi connectivity index (χ1) is 9.08. The van der Waals surface area contributed by atoms with Crippen LogP contribution in [0.25, 0.3) is 0 Å². The van der Waals surface area contributed by atoms with Crippen LogP contribution in [-0.4, -0.2) is 68.7 Å². The van der Waals surface area contributed by atoms with Crippen molar-refractivity contribution in [3.8, 4) is 0 Å². The van der Waals surface area contributed by atoms with Crippen LogP contribution >= 0.6 is 23.2 Å². The molecule has 11 heteroatoms. The van der Waals surface area contributed by atoms with Gasteiger partial charge in [0.1, 0.15) is 0 Å². The molecule has 2 fully saturated rings. The number of hydrogen-bond donors (Lipinski definition) is 2. The largest absolute Gasteiger partial charge is 0.333 e. The number of carbonyl (C=O) groups is 1. The van der Waals surface area contributed by atoms with Gasteiger partial charge in [-0.25, -0.2) is 21.6 Å². The number of sulfone groups is 2. The molecule has 4 atom stereocenters. The Morgan fingerprint density at radius 1 is 0.800 bits per heavy atom. The van der Waals surface area contributed by atoms with E-state index in [-0.39, 0.29) is 23.0 Å². The molecule has 20 heavy (non-hydrogen) atoms. The summed E-state index contributed by atoms with van der Waals surface area (Å²) in [6.07, 6.45) is 0. The maximum Gasteiger partial charge on any atom is 0.315 e. The number of nitrogens with one attached hydrogen (secondary N) is 2. The maximum absolute atomic E-state index is 11.7. The van der Waals surface area contributed by atoms with E-state index < -0.39 is 48.5 Å². The molecule has 0 radical (unpaired) electrons. The van der Waals surface area contributed by atoms with Crippen molar-refractivity contribution in [2.24, 2.45) is 0 Å². The Morgan fingerprint density at radius 3 is 1.40 bits per heavy atom. The van der Waals surface area contributed by atoms with Crippen molar-refractivity contribution in [2.75, 3.05) is 23.0 Å². The van der Waals surface area contributed by atoms with Crippen molar-refractivity contribution in [3.05, 3.63) is 0 Å². The molecule has 2 heterocycles. The number of urea groups is 1. The third-order valence-electron chi connectivity index (χ3n) is 3.20. The van der Waals surface area contributed by atoms with Gasteiger partial charge in [0.25, 0.3) is 0 Å². The lowest BCUT2D eigenvalue weighted by atomic mass is 10.2. The number of halogens is 2. The summed E-state index contributed by atoms with van der Waals surface area (Å²) in [5.41, 5.74) is 0.